The van der Waals surface area contributed by atoms with Crippen LogP contribution >= 0.6 is 11.3 Å². The Morgan fingerprint density at radius 3 is 2.15 bits per heavy atom. The summed E-state index contributed by atoms with van der Waals surface area (Å²) >= 11 is 1.18. The van der Waals surface area contributed by atoms with Crippen LogP contribution in [-0.4, -0.2) is 26.9 Å². The van der Waals surface area contributed by atoms with Crippen molar-refractivity contribution in [3.8, 4) is 0 Å². The van der Waals surface area contributed by atoms with E-state index in [2.05, 4.69) is 26.1 Å². The van der Waals surface area contributed by atoms with Gasteiger partial charge >= 0.3 is 0 Å². The van der Waals surface area contributed by atoms with E-state index in [0.29, 0.717) is 11.3 Å². The highest BCUT2D eigenvalue weighted by molar-refractivity contribution is 7.94. The predicted molar refractivity (Wildman–Crippen MR) is 112 cm³/mol. The fraction of sp³-hybridized carbons (Fsp3) is 0.450. The van der Waals surface area contributed by atoms with Crippen molar-refractivity contribution in [2.24, 2.45) is 5.41 Å². The summed E-state index contributed by atoms with van der Waals surface area (Å²) in [4.78, 5) is 12.6. The number of nitrogens with one attached hydrogen (secondary N) is 1. The van der Waals surface area contributed by atoms with Crippen molar-refractivity contribution in [3.05, 3.63) is 47.3 Å². The molecule has 0 unspecified atom stereocenters. The summed E-state index contributed by atoms with van der Waals surface area (Å²) in [5, 5.41) is 4.79. The number of rotatable bonds is 6. The smallest absolute Gasteiger partial charge is 0.273 e. The molecule has 2 aromatic rings. The van der Waals surface area contributed by atoms with Gasteiger partial charge in [0, 0.05) is 18.2 Å². The highest BCUT2D eigenvalue weighted by atomic mass is 32.2. The second-order valence-electron chi connectivity index (χ2n) is 8.53. The lowest BCUT2D eigenvalue weighted by Gasteiger charge is -2.33. The number of hydrogen-bond donors (Lipinski definition) is 1. The van der Waals surface area contributed by atoms with Crippen LogP contribution in [0.5, 0.6) is 0 Å². The Kier molecular flexibility index (Phi) is 6.06. The van der Waals surface area contributed by atoms with E-state index in [1.165, 1.54) is 22.7 Å². The minimum absolute atomic E-state index is 0.0967. The molecule has 1 aromatic heterocycles. The summed E-state index contributed by atoms with van der Waals surface area (Å²) < 4.78 is 26.7. The molecular formula is C20H28N2O3S2. The summed E-state index contributed by atoms with van der Waals surface area (Å²) in [6.07, 6.45) is 0.839. The van der Waals surface area contributed by atoms with Crippen LogP contribution in [0.3, 0.4) is 0 Å². The second kappa shape index (κ2) is 7.64. The molecule has 7 heteroatoms. The van der Waals surface area contributed by atoms with Crippen molar-refractivity contribution in [1.29, 1.82) is 0 Å². The van der Waals surface area contributed by atoms with Crippen molar-refractivity contribution in [1.82, 2.24) is 5.32 Å². The third-order valence-electron chi connectivity index (χ3n) is 4.03. The van der Waals surface area contributed by atoms with E-state index in [0.717, 1.165) is 6.42 Å². The number of carbonyl (C=O) groups is 1. The second-order valence-corrected chi connectivity index (χ2v) is 11.7. The molecule has 148 valence electrons. The number of carbonyl (C=O) groups excluding carboxylic acids is 1. The molecule has 0 saturated heterocycles. The lowest BCUT2D eigenvalue weighted by Crippen LogP contribution is -2.45. The number of thiophene rings is 1. The molecule has 0 atom stereocenters. The van der Waals surface area contributed by atoms with Crippen LogP contribution in [0.1, 0.15) is 51.4 Å². The Morgan fingerprint density at radius 2 is 1.67 bits per heavy atom. The third kappa shape index (κ3) is 5.56. The van der Waals surface area contributed by atoms with E-state index in [1.807, 2.05) is 13.8 Å². The third-order valence-corrected chi connectivity index (χ3v) is 7.19. The molecule has 0 aliphatic carbocycles. The van der Waals surface area contributed by atoms with E-state index >= 15 is 0 Å². The van der Waals surface area contributed by atoms with Crippen LogP contribution in [0.25, 0.3) is 0 Å². The van der Waals surface area contributed by atoms with Crippen molar-refractivity contribution in [2.45, 2.75) is 50.8 Å². The Labute approximate surface area is 166 Å². The van der Waals surface area contributed by atoms with Crippen LogP contribution in [0, 0.1) is 5.41 Å². The largest absolute Gasteiger partial charge is 0.347 e. The Balaban J connectivity index is 2.14. The van der Waals surface area contributed by atoms with Crippen molar-refractivity contribution in [2.75, 3.05) is 11.4 Å². The quantitative estimate of drug-likeness (QED) is 0.764. The maximum absolute atomic E-state index is 12.6. The molecule has 27 heavy (non-hydrogen) atoms. The number of amides is 1. The minimum Gasteiger partial charge on any atom is -0.347 e. The average molecular weight is 409 g/mol. The molecule has 1 N–H and O–H groups in total. The number of sulfonamides is 1. The van der Waals surface area contributed by atoms with Crippen LogP contribution in [0.2, 0.25) is 0 Å². The summed E-state index contributed by atoms with van der Waals surface area (Å²) in [5.41, 5.74) is 0.767. The SMILES string of the molecule is CN(c1ccc(C(=O)NC(C)(C)CC(C)(C)C)cc1)S(=O)(=O)c1cccs1. The normalized spacial score (nSPS) is 12.7. The van der Waals surface area contributed by atoms with Crippen molar-refractivity contribution in [3.63, 3.8) is 0 Å². The molecule has 1 heterocycles. The first-order valence-electron chi connectivity index (χ1n) is 8.77. The van der Waals surface area contributed by atoms with Crippen molar-refractivity contribution >= 4 is 33.0 Å². The van der Waals surface area contributed by atoms with Gasteiger partial charge in [0.25, 0.3) is 15.9 Å². The molecule has 0 radical (unpaired) electrons. The van der Waals surface area contributed by atoms with Gasteiger partial charge in [-0.15, -0.1) is 11.3 Å². The predicted octanol–water partition coefficient (Wildman–Crippen LogP) is 4.52. The minimum atomic E-state index is -3.58. The maximum atomic E-state index is 12.6. The van der Waals surface area contributed by atoms with E-state index in [9.17, 15) is 13.2 Å². The molecule has 0 fully saturated rings. The Morgan fingerprint density at radius 1 is 1.07 bits per heavy atom. The van der Waals surface area contributed by atoms with E-state index in [1.54, 1.807) is 41.8 Å². The fourth-order valence-corrected chi connectivity index (χ4v) is 5.61. The monoisotopic (exact) mass is 408 g/mol. The fourth-order valence-electron chi connectivity index (χ4n) is 3.26. The van der Waals surface area contributed by atoms with Gasteiger partial charge in [0.2, 0.25) is 0 Å². The van der Waals surface area contributed by atoms with Crippen LogP contribution in [-0.2, 0) is 10.0 Å². The molecule has 0 spiro atoms. The Bertz CT molecular complexity index is 878. The van der Waals surface area contributed by atoms with Crippen LogP contribution < -0.4 is 9.62 Å². The van der Waals surface area contributed by atoms with Gasteiger partial charge in [0.1, 0.15) is 4.21 Å². The summed E-state index contributed by atoms with van der Waals surface area (Å²) in [6, 6.07) is 9.89. The van der Waals surface area contributed by atoms with E-state index in [4.69, 9.17) is 0 Å². The van der Waals surface area contributed by atoms with Gasteiger partial charge in [0.05, 0.1) is 5.69 Å². The number of benzene rings is 1. The van der Waals surface area contributed by atoms with E-state index < -0.39 is 10.0 Å². The first kappa shape index (κ1) is 21.4. The molecular weight excluding hydrogens is 380 g/mol. The first-order valence-corrected chi connectivity index (χ1v) is 11.1. The molecule has 1 aromatic carbocycles. The van der Waals surface area contributed by atoms with Crippen molar-refractivity contribution < 1.29 is 13.2 Å². The summed E-state index contributed by atoms with van der Waals surface area (Å²) in [7, 11) is -2.07. The van der Waals surface area contributed by atoms with Gasteiger partial charge in [-0.25, -0.2) is 8.42 Å². The van der Waals surface area contributed by atoms with Gasteiger partial charge in [0.15, 0.2) is 0 Å². The highest BCUT2D eigenvalue weighted by Crippen LogP contribution is 2.28. The molecule has 1 amide bonds. The zero-order valence-corrected chi connectivity index (χ0v) is 18.4. The number of nitrogens with zero attached hydrogens (tertiary/aromatic N) is 1. The standard InChI is InChI=1S/C20H28N2O3S2/c1-19(2,3)14-20(4,5)21-18(23)15-9-11-16(12-10-15)22(6)27(24,25)17-8-7-13-26-17/h7-13H,14H2,1-6H3,(H,21,23). The van der Waals surface area contributed by atoms with Gasteiger partial charge in [-0.2, -0.15) is 0 Å². The molecule has 0 aliphatic heterocycles. The van der Waals surface area contributed by atoms with Gasteiger partial charge in [-0.05, 0) is 61.4 Å². The van der Waals surface area contributed by atoms with Gasteiger partial charge in [-0.1, -0.05) is 26.8 Å². The van der Waals surface area contributed by atoms with Gasteiger partial charge < -0.3 is 5.32 Å². The highest BCUT2D eigenvalue weighted by Gasteiger charge is 2.27. The number of anilines is 1. The molecule has 0 aliphatic rings. The molecule has 5 nitrogen and oxygen atoms in total. The lowest BCUT2D eigenvalue weighted by atomic mass is 9.81. The zero-order valence-electron chi connectivity index (χ0n) is 16.7. The van der Waals surface area contributed by atoms with E-state index in [-0.39, 0.29) is 21.1 Å². The molecule has 2 rings (SSSR count). The summed E-state index contributed by atoms with van der Waals surface area (Å²) in [5.74, 6) is -0.167. The lowest BCUT2D eigenvalue weighted by molar-refractivity contribution is 0.0891. The topological polar surface area (TPSA) is 66.5 Å². The Hall–Kier alpha value is -1.86. The molecule has 0 bridgehead atoms. The first-order chi connectivity index (χ1) is 12.3. The molecule has 0 saturated carbocycles. The van der Waals surface area contributed by atoms with Crippen LogP contribution in [0.15, 0.2) is 46.0 Å². The zero-order chi connectivity index (χ0) is 20.5. The van der Waals surface area contributed by atoms with Gasteiger partial charge in [-0.3, -0.25) is 9.10 Å². The number of hydrogen-bond acceptors (Lipinski definition) is 4. The maximum Gasteiger partial charge on any atom is 0.273 e. The average Bonchev–Trinajstić information content (AvgIpc) is 3.06. The van der Waals surface area contributed by atoms with Crippen LogP contribution in [0.4, 0.5) is 5.69 Å². The summed E-state index contributed by atoms with van der Waals surface area (Å²) in [6.45, 7) is 10.4.